The van der Waals surface area contributed by atoms with Crippen molar-refractivity contribution < 1.29 is 14.3 Å². The zero-order chi connectivity index (χ0) is 19.8. The lowest BCUT2D eigenvalue weighted by Gasteiger charge is -2.35. The van der Waals surface area contributed by atoms with Crippen molar-refractivity contribution in [2.75, 3.05) is 26.2 Å². The van der Waals surface area contributed by atoms with Crippen LogP contribution in [-0.2, 0) is 4.74 Å². The van der Waals surface area contributed by atoms with Crippen LogP contribution in [0.2, 0.25) is 5.02 Å². The van der Waals surface area contributed by atoms with Gasteiger partial charge in [-0.3, -0.25) is 9.78 Å². The second-order valence-electron chi connectivity index (χ2n) is 7.77. The number of aryl methyl sites for hydroxylation is 1. The number of carbonyl (C=O) groups is 2. The minimum Gasteiger partial charge on any atom is -0.444 e. The topological polar surface area (TPSA) is 62.7 Å². The highest BCUT2D eigenvalue weighted by atomic mass is 35.5. The Balaban J connectivity index is 1.72. The molecule has 0 spiro atoms. The Kier molecular flexibility index (Phi) is 5.29. The number of ether oxygens (including phenoxy) is 1. The van der Waals surface area contributed by atoms with E-state index in [9.17, 15) is 9.59 Å². The minimum absolute atomic E-state index is 0.167. The van der Waals surface area contributed by atoms with Crippen molar-refractivity contribution >= 4 is 34.5 Å². The fourth-order valence-electron chi connectivity index (χ4n) is 3.01. The summed E-state index contributed by atoms with van der Waals surface area (Å²) in [6.07, 6.45) is 1.18. The summed E-state index contributed by atoms with van der Waals surface area (Å²) < 4.78 is 5.39. The first-order valence-corrected chi connectivity index (χ1v) is 9.35. The van der Waals surface area contributed by atoms with Crippen molar-refractivity contribution in [1.82, 2.24) is 14.8 Å². The monoisotopic (exact) mass is 389 g/mol. The summed E-state index contributed by atoms with van der Waals surface area (Å²) in [5.41, 5.74) is 1.67. The van der Waals surface area contributed by atoms with Crippen LogP contribution in [0.4, 0.5) is 4.79 Å². The summed E-state index contributed by atoms with van der Waals surface area (Å²) >= 11 is 6.51. The Morgan fingerprint density at radius 2 is 1.74 bits per heavy atom. The van der Waals surface area contributed by atoms with Crippen LogP contribution in [0.5, 0.6) is 0 Å². The maximum absolute atomic E-state index is 12.9. The third-order valence-electron chi connectivity index (χ3n) is 4.41. The molecule has 0 saturated carbocycles. The standard InChI is InChI=1S/C20H24ClN3O3/c1-13-5-6-16-14(11-13)17(21)15(12-22-16)18(25)23-7-9-24(10-8-23)19(26)27-20(2,3)4/h5-6,11-12H,7-10H2,1-4H3. The van der Waals surface area contributed by atoms with Crippen molar-refractivity contribution in [2.45, 2.75) is 33.3 Å². The van der Waals surface area contributed by atoms with Gasteiger partial charge in [-0.1, -0.05) is 23.2 Å². The fourth-order valence-corrected chi connectivity index (χ4v) is 3.29. The van der Waals surface area contributed by atoms with Crippen LogP contribution in [0.25, 0.3) is 10.9 Å². The average molecular weight is 390 g/mol. The highest BCUT2D eigenvalue weighted by Crippen LogP contribution is 2.27. The Morgan fingerprint density at radius 3 is 2.37 bits per heavy atom. The van der Waals surface area contributed by atoms with Gasteiger partial charge in [-0.25, -0.2) is 4.79 Å². The van der Waals surface area contributed by atoms with E-state index >= 15 is 0 Å². The van der Waals surface area contributed by atoms with Crippen molar-refractivity contribution in [2.24, 2.45) is 0 Å². The summed E-state index contributed by atoms with van der Waals surface area (Å²) in [4.78, 5) is 32.8. The Morgan fingerprint density at radius 1 is 1.11 bits per heavy atom. The second kappa shape index (κ2) is 7.35. The summed E-state index contributed by atoms with van der Waals surface area (Å²) in [5.74, 6) is -0.167. The lowest BCUT2D eigenvalue weighted by atomic mass is 10.1. The normalized spacial score (nSPS) is 15.1. The third kappa shape index (κ3) is 4.33. The molecule has 0 bridgehead atoms. The summed E-state index contributed by atoms with van der Waals surface area (Å²) in [5, 5.41) is 1.19. The van der Waals surface area contributed by atoms with E-state index in [1.165, 1.54) is 6.20 Å². The van der Waals surface area contributed by atoms with Gasteiger partial charge in [-0.2, -0.15) is 0 Å². The number of hydrogen-bond acceptors (Lipinski definition) is 4. The van der Waals surface area contributed by atoms with E-state index in [1.807, 2.05) is 45.9 Å². The van der Waals surface area contributed by atoms with E-state index in [2.05, 4.69) is 4.98 Å². The first kappa shape index (κ1) is 19.4. The number of rotatable bonds is 1. The number of carbonyl (C=O) groups excluding carboxylic acids is 2. The molecule has 1 aromatic heterocycles. The number of fused-ring (bicyclic) bond motifs is 1. The maximum atomic E-state index is 12.9. The number of halogens is 1. The molecule has 0 atom stereocenters. The minimum atomic E-state index is -0.535. The number of aromatic nitrogens is 1. The molecule has 1 fully saturated rings. The molecule has 1 aromatic carbocycles. The SMILES string of the molecule is Cc1ccc2ncc(C(=O)N3CCN(C(=O)OC(C)(C)C)CC3)c(Cl)c2c1. The van der Waals surface area contributed by atoms with Gasteiger partial charge in [0, 0.05) is 37.8 Å². The molecule has 7 heteroatoms. The predicted octanol–water partition coefficient (Wildman–Crippen LogP) is 3.89. The molecule has 2 amide bonds. The zero-order valence-corrected chi connectivity index (χ0v) is 16.8. The molecule has 2 aromatic rings. The molecule has 6 nitrogen and oxygen atoms in total. The Bertz CT molecular complexity index is 884. The van der Waals surface area contributed by atoms with E-state index in [1.54, 1.807) is 9.80 Å². The summed E-state index contributed by atoms with van der Waals surface area (Å²) in [6.45, 7) is 9.20. The molecule has 1 aliphatic heterocycles. The lowest BCUT2D eigenvalue weighted by molar-refractivity contribution is 0.0141. The van der Waals surface area contributed by atoms with Crippen molar-refractivity contribution in [3.8, 4) is 0 Å². The molecule has 1 aliphatic rings. The van der Waals surface area contributed by atoms with Crippen LogP contribution in [0.1, 0.15) is 36.7 Å². The maximum Gasteiger partial charge on any atom is 0.410 e. The number of benzene rings is 1. The largest absolute Gasteiger partial charge is 0.444 e. The molecule has 1 saturated heterocycles. The van der Waals surface area contributed by atoms with Gasteiger partial charge in [0.25, 0.3) is 5.91 Å². The van der Waals surface area contributed by atoms with Gasteiger partial charge in [-0.05, 0) is 39.8 Å². The average Bonchev–Trinajstić information content (AvgIpc) is 2.61. The Labute approximate surface area is 164 Å². The van der Waals surface area contributed by atoms with Gasteiger partial charge in [0.15, 0.2) is 0 Å². The van der Waals surface area contributed by atoms with Gasteiger partial charge in [-0.15, -0.1) is 0 Å². The van der Waals surface area contributed by atoms with Crippen molar-refractivity contribution in [3.63, 3.8) is 0 Å². The first-order chi connectivity index (χ1) is 12.7. The van der Waals surface area contributed by atoms with Crippen LogP contribution in [0, 0.1) is 6.92 Å². The molecule has 27 heavy (non-hydrogen) atoms. The summed E-state index contributed by atoms with van der Waals surface area (Å²) in [6, 6.07) is 5.79. The van der Waals surface area contributed by atoms with Crippen LogP contribution < -0.4 is 0 Å². The summed E-state index contributed by atoms with van der Waals surface area (Å²) in [7, 11) is 0. The number of hydrogen-bond donors (Lipinski definition) is 0. The van der Waals surface area contributed by atoms with Crippen LogP contribution in [0.15, 0.2) is 24.4 Å². The fraction of sp³-hybridized carbons (Fsp3) is 0.450. The smallest absolute Gasteiger partial charge is 0.410 e. The van der Waals surface area contributed by atoms with Gasteiger partial charge in [0.2, 0.25) is 0 Å². The molecule has 0 unspecified atom stereocenters. The molecule has 144 valence electrons. The lowest BCUT2D eigenvalue weighted by Crippen LogP contribution is -2.51. The first-order valence-electron chi connectivity index (χ1n) is 8.98. The van der Waals surface area contributed by atoms with Gasteiger partial charge in [0.05, 0.1) is 16.1 Å². The van der Waals surface area contributed by atoms with Gasteiger partial charge >= 0.3 is 6.09 Å². The molecular formula is C20H24ClN3O3. The van der Waals surface area contributed by atoms with E-state index in [-0.39, 0.29) is 12.0 Å². The van der Waals surface area contributed by atoms with Crippen molar-refractivity contribution in [1.29, 1.82) is 0 Å². The number of amides is 2. The molecular weight excluding hydrogens is 366 g/mol. The number of pyridine rings is 1. The zero-order valence-electron chi connectivity index (χ0n) is 16.1. The Hall–Kier alpha value is -2.34. The van der Waals surface area contributed by atoms with Gasteiger partial charge < -0.3 is 14.5 Å². The molecule has 0 radical (unpaired) electrons. The van der Waals surface area contributed by atoms with E-state index in [0.717, 1.165) is 16.5 Å². The third-order valence-corrected chi connectivity index (χ3v) is 4.81. The van der Waals surface area contributed by atoms with E-state index in [0.29, 0.717) is 36.8 Å². The van der Waals surface area contributed by atoms with Crippen LogP contribution in [-0.4, -0.2) is 58.6 Å². The quantitative estimate of drug-likeness (QED) is 0.742. The number of piperazine rings is 1. The molecule has 0 N–H and O–H groups in total. The van der Waals surface area contributed by atoms with E-state index < -0.39 is 5.60 Å². The van der Waals surface area contributed by atoms with Crippen molar-refractivity contribution in [3.05, 3.63) is 40.5 Å². The molecule has 3 rings (SSSR count). The molecule has 2 heterocycles. The van der Waals surface area contributed by atoms with Gasteiger partial charge in [0.1, 0.15) is 5.60 Å². The predicted molar refractivity (Wildman–Crippen MR) is 105 cm³/mol. The highest BCUT2D eigenvalue weighted by Gasteiger charge is 2.29. The van der Waals surface area contributed by atoms with Crippen LogP contribution in [0.3, 0.4) is 0 Å². The second-order valence-corrected chi connectivity index (χ2v) is 8.14. The van der Waals surface area contributed by atoms with Crippen LogP contribution >= 0.6 is 11.6 Å². The number of nitrogens with zero attached hydrogens (tertiary/aromatic N) is 3. The highest BCUT2D eigenvalue weighted by molar-refractivity contribution is 6.38. The van der Waals surface area contributed by atoms with E-state index in [4.69, 9.17) is 16.3 Å². The molecule has 0 aliphatic carbocycles.